The van der Waals surface area contributed by atoms with Gasteiger partial charge in [0.2, 0.25) is 11.8 Å². The highest BCUT2D eigenvalue weighted by molar-refractivity contribution is 5.83. The first-order valence-electron chi connectivity index (χ1n) is 15.5. The number of hydrogen-bond acceptors (Lipinski definition) is 8. The van der Waals surface area contributed by atoms with Crippen molar-refractivity contribution >= 4 is 11.8 Å². The van der Waals surface area contributed by atoms with E-state index in [0.717, 1.165) is 12.8 Å². The number of unbranched alkanes of at least 4 members (excludes halogenated alkanes) is 12. The summed E-state index contributed by atoms with van der Waals surface area (Å²) in [6, 6.07) is 0. The minimum atomic E-state index is -1.48. The molecule has 0 unspecified atom stereocenters. The van der Waals surface area contributed by atoms with E-state index < -0.39 is 35.3 Å². The first-order chi connectivity index (χ1) is 18.5. The summed E-state index contributed by atoms with van der Waals surface area (Å²) in [6.45, 7) is 11.4. The standard InChI is InChI=1S/C30H52N2O7/c1-7-8-9-10-11-12-13-14-15-16-17-18-19-20-25-31-32(23(2)33)30(37-25)26-24(36-28(5,6)38-26)21-34-29(30)22-35-27(3,4)39-29/h24,26H,7-22H2,1-6H3/t24-,26-,29+,30+/m1/s1. The molecule has 0 bridgehead atoms. The molecule has 3 fully saturated rings. The molecular weight excluding hydrogens is 500 g/mol. The molecule has 0 aliphatic carbocycles. The van der Waals surface area contributed by atoms with E-state index >= 15 is 0 Å². The monoisotopic (exact) mass is 552 g/mol. The summed E-state index contributed by atoms with van der Waals surface area (Å²) < 4.78 is 37.8. The first-order valence-corrected chi connectivity index (χ1v) is 15.5. The fraction of sp³-hybridized carbons (Fsp3) is 0.933. The van der Waals surface area contributed by atoms with Crippen LogP contribution in [0.2, 0.25) is 0 Å². The number of ether oxygens (including phenoxy) is 6. The third-order valence-electron chi connectivity index (χ3n) is 8.21. The topological polar surface area (TPSA) is 88.1 Å². The molecule has 2 spiro atoms. The molecule has 39 heavy (non-hydrogen) atoms. The molecule has 0 N–H and O–H groups in total. The Balaban J connectivity index is 1.30. The Kier molecular flexibility index (Phi) is 10.0. The molecule has 3 saturated heterocycles. The molecule has 0 aromatic carbocycles. The maximum absolute atomic E-state index is 13.0. The van der Waals surface area contributed by atoms with Gasteiger partial charge in [0.25, 0.3) is 11.5 Å². The van der Waals surface area contributed by atoms with Crippen molar-refractivity contribution in [3.8, 4) is 0 Å². The number of hydrogen-bond donors (Lipinski definition) is 0. The second-order valence-electron chi connectivity index (χ2n) is 12.6. The fourth-order valence-corrected chi connectivity index (χ4v) is 6.34. The summed E-state index contributed by atoms with van der Waals surface area (Å²) >= 11 is 0. The number of amides is 1. The average molecular weight is 553 g/mol. The smallest absolute Gasteiger partial charge is 0.291 e. The highest BCUT2D eigenvalue weighted by Crippen LogP contribution is 2.54. The van der Waals surface area contributed by atoms with E-state index in [9.17, 15) is 4.79 Å². The van der Waals surface area contributed by atoms with Crippen LogP contribution in [0.4, 0.5) is 0 Å². The van der Waals surface area contributed by atoms with E-state index in [2.05, 4.69) is 12.0 Å². The minimum Gasteiger partial charge on any atom is -0.442 e. The van der Waals surface area contributed by atoms with Crippen molar-refractivity contribution in [3.05, 3.63) is 0 Å². The van der Waals surface area contributed by atoms with E-state index in [0.29, 0.717) is 12.3 Å². The van der Waals surface area contributed by atoms with Crippen LogP contribution in [0.5, 0.6) is 0 Å². The van der Waals surface area contributed by atoms with Crippen LogP contribution in [0.15, 0.2) is 5.10 Å². The molecule has 0 saturated carbocycles. The molecule has 0 aromatic heterocycles. The Bertz CT molecular complexity index is 860. The number of nitrogens with zero attached hydrogens (tertiary/aromatic N) is 2. The Morgan fingerprint density at radius 3 is 1.97 bits per heavy atom. The van der Waals surface area contributed by atoms with Crippen LogP contribution >= 0.6 is 0 Å². The van der Waals surface area contributed by atoms with Crippen LogP contribution in [-0.4, -0.2) is 65.3 Å². The summed E-state index contributed by atoms with van der Waals surface area (Å²) in [4.78, 5) is 13.0. The lowest BCUT2D eigenvalue weighted by Gasteiger charge is -2.52. The number of rotatable bonds is 14. The zero-order valence-electron chi connectivity index (χ0n) is 25.2. The van der Waals surface area contributed by atoms with Crippen LogP contribution in [-0.2, 0) is 33.2 Å². The zero-order chi connectivity index (χ0) is 28.2. The quantitative estimate of drug-likeness (QED) is 0.231. The predicted octanol–water partition coefficient (Wildman–Crippen LogP) is 6.39. The van der Waals surface area contributed by atoms with Crippen molar-refractivity contribution in [2.24, 2.45) is 5.10 Å². The molecule has 9 heteroatoms. The van der Waals surface area contributed by atoms with Gasteiger partial charge in [0.1, 0.15) is 12.7 Å². The molecular formula is C30H52N2O7. The molecule has 4 aliphatic heterocycles. The van der Waals surface area contributed by atoms with Crippen LogP contribution in [0.1, 0.15) is 131 Å². The van der Waals surface area contributed by atoms with Crippen LogP contribution in [0.3, 0.4) is 0 Å². The largest absolute Gasteiger partial charge is 0.442 e. The van der Waals surface area contributed by atoms with Crippen LogP contribution < -0.4 is 0 Å². The van der Waals surface area contributed by atoms with Gasteiger partial charge in [-0.15, -0.1) is 5.10 Å². The summed E-state index contributed by atoms with van der Waals surface area (Å²) in [7, 11) is 0. The Hall–Kier alpha value is -1.26. The molecule has 4 rings (SSSR count). The van der Waals surface area contributed by atoms with Gasteiger partial charge in [-0.05, 0) is 34.1 Å². The van der Waals surface area contributed by atoms with Gasteiger partial charge in [-0.25, -0.2) is 0 Å². The maximum Gasteiger partial charge on any atom is 0.291 e. The Labute approximate surface area is 235 Å². The minimum absolute atomic E-state index is 0.0817. The predicted molar refractivity (Wildman–Crippen MR) is 148 cm³/mol. The highest BCUT2D eigenvalue weighted by Gasteiger charge is 2.78. The molecule has 224 valence electrons. The molecule has 4 atom stereocenters. The van der Waals surface area contributed by atoms with Gasteiger partial charge in [0.15, 0.2) is 17.7 Å². The summed E-state index contributed by atoms with van der Waals surface area (Å²) in [5.41, 5.74) is -1.48. The van der Waals surface area contributed by atoms with Gasteiger partial charge in [-0.3, -0.25) is 4.79 Å². The van der Waals surface area contributed by atoms with Gasteiger partial charge < -0.3 is 28.4 Å². The van der Waals surface area contributed by atoms with Crippen molar-refractivity contribution < 1.29 is 33.2 Å². The first kappa shape index (κ1) is 30.7. The van der Waals surface area contributed by atoms with Gasteiger partial charge in [-0.2, -0.15) is 5.01 Å². The van der Waals surface area contributed by atoms with Crippen LogP contribution in [0.25, 0.3) is 0 Å². The summed E-state index contributed by atoms with van der Waals surface area (Å²) in [6.07, 6.45) is 16.3. The number of fused-ring (bicyclic) bond motifs is 3. The van der Waals surface area contributed by atoms with Gasteiger partial charge in [-0.1, -0.05) is 84.0 Å². The van der Waals surface area contributed by atoms with Crippen molar-refractivity contribution in [3.63, 3.8) is 0 Å². The van der Waals surface area contributed by atoms with E-state index in [1.54, 1.807) is 0 Å². The fourth-order valence-electron chi connectivity index (χ4n) is 6.34. The summed E-state index contributed by atoms with van der Waals surface area (Å²) in [5, 5.41) is 6.02. The molecule has 9 nitrogen and oxygen atoms in total. The number of hydrazone groups is 1. The van der Waals surface area contributed by atoms with E-state index in [1.807, 2.05) is 27.7 Å². The highest BCUT2D eigenvalue weighted by atomic mass is 16.9. The molecule has 4 heterocycles. The number of carbonyl (C=O) groups excluding carboxylic acids is 1. The second-order valence-corrected chi connectivity index (χ2v) is 12.6. The lowest BCUT2D eigenvalue weighted by atomic mass is 9.88. The van der Waals surface area contributed by atoms with Crippen molar-refractivity contribution in [1.82, 2.24) is 5.01 Å². The van der Waals surface area contributed by atoms with Gasteiger partial charge in [0.05, 0.1) is 6.61 Å². The second kappa shape index (κ2) is 12.7. The van der Waals surface area contributed by atoms with Gasteiger partial charge in [0, 0.05) is 13.3 Å². The SMILES string of the molecule is CCCCCCCCCCCCCCCC1=NN(C(C)=O)[C@]2(O1)[C@@H]1OC(C)(C)O[C@@H]1CO[C@]21COC(C)(C)O1. The molecule has 0 aromatic rings. The van der Waals surface area contributed by atoms with Gasteiger partial charge >= 0.3 is 0 Å². The lowest BCUT2D eigenvalue weighted by molar-refractivity contribution is -0.386. The zero-order valence-corrected chi connectivity index (χ0v) is 25.2. The van der Waals surface area contributed by atoms with E-state index in [4.69, 9.17) is 28.4 Å². The Morgan fingerprint density at radius 2 is 1.44 bits per heavy atom. The molecule has 0 radical (unpaired) electrons. The van der Waals surface area contributed by atoms with Crippen molar-refractivity contribution in [1.29, 1.82) is 0 Å². The Morgan fingerprint density at radius 1 is 0.846 bits per heavy atom. The van der Waals surface area contributed by atoms with Crippen molar-refractivity contribution in [2.45, 2.75) is 167 Å². The van der Waals surface area contributed by atoms with E-state index in [1.165, 1.54) is 82.6 Å². The summed E-state index contributed by atoms with van der Waals surface area (Å²) in [5.74, 6) is -2.96. The third kappa shape index (κ3) is 6.80. The number of carbonyl (C=O) groups is 1. The lowest BCUT2D eigenvalue weighted by Crippen LogP contribution is -2.76. The van der Waals surface area contributed by atoms with E-state index in [-0.39, 0.29) is 19.1 Å². The van der Waals surface area contributed by atoms with Crippen molar-refractivity contribution in [2.75, 3.05) is 13.2 Å². The maximum atomic E-state index is 13.0. The normalized spacial score (nSPS) is 32.6. The van der Waals surface area contributed by atoms with Crippen LogP contribution in [0, 0.1) is 0 Å². The third-order valence-corrected chi connectivity index (χ3v) is 8.21. The molecule has 1 amide bonds. The average Bonchev–Trinajstić information content (AvgIpc) is 3.51. The molecule has 4 aliphatic rings.